The van der Waals surface area contributed by atoms with Crippen LogP contribution in [0.15, 0.2) is 5.10 Å². The topological polar surface area (TPSA) is 120 Å². The minimum atomic E-state index is -3.54. The Morgan fingerprint density at radius 2 is 2.00 bits per heavy atom. The summed E-state index contributed by atoms with van der Waals surface area (Å²) in [6.45, 7) is 4.13. The Morgan fingerprint density at radius 3 is 2.58 bits per heavy atom. The zero-order chi connectivity index (χ0) is 22.6. The number of hydrogen-bond acceptors (Lipinski definition) is 7. The summed E-state index contributed by atoms with van der Waals surface area (Å²) in [5.41, 5.74) is 2.88. The van der Waals surface area contributed by atoms with E-state index in [4.69, 9.17) is 4.84 Å². The Morgan fingerprint density at radius 1 is 1.29 bits per heavy atom. The zero-order valence-electron chi connectivity index (χ0n) is 18.6. The van der Waals surface area contributed by atoms with E-state index in [0.29, 0.717) is 18.6 Å². The highest BCUT2D eigenvalue weighted by molar-refractivity contribution is 7.90. The van der Waals surface area contributed by atoms with Crippen molar-refractivity contribution >= 4 is 27.5 Å². The van der Waals surface area contributed by atoms with E-state index in [1.54, 1.807) is 14.1 Å². The molecule has 0 radical (unpaired) electrons. The van der Waals surface area contributed by atoms with Crippen molar-refractivity contribution in [1.82, 2.24) is 20.1 Å². The van der Waals surface area contributed by atoms with Gasteiger partial charge in [0.1, 0.15) is 11.8 Å². The fourth-order valence-corrected chi connectivity index (χ4v) is 6.71. The summed E-state index contributed by atoms with van der Waals surface area (Å²) >= 11 is 0. The van der Waals surface area contributed by atoms with Crippen LogP contribution in [0.3, 0.4) is 0 Å². The maximum Gasteiger partial charge on any atom is 0.269 e. The van der Waals surface area contributed by atoms with E-state index < -0.39 is 21.2 Å². The van der Waals surface area contributed by atoms with Gasteiger partial charge < -0.3 is 4.90 Å². The predicted octanol–water partition coefficient (Wildman–Crippen LogP) is 0.212. The fraction of sp³-hybridized carbons (Fsp3) is 0.850. The molecule has 2 aliphatic heterocycles. The minimum absolute atomic E-state index is 0.170. The van der Waals surface area contributed by atoms with Crippen LogP contribution in [0.5, 0.6) is 0 Å². The molecule has 5 atom stereocenters. The number of hydrazone groups is 1. The van der Waals surface area contributed by atoms with Gasteiger partial charge in [0.25, 0.3) is 5.91 Å². The number of sulfonamides is 1. The van der Waals surface area contributed by atoms with Crippen LogP contribution in [-0.2, 0) is 24.4 Å². The molecular formula is C20H33N5O5S. The lowest BCUT2D eigenvalue weighted by atomic mass is 9.74. The lowest BCUT2D eigenvalue weighted by Gasteiger charge is -2.41. The standard InChI is InChI=1S/C20H33N5O5S/c1-12-9-13(30-22-12)11-25-18(26)16-10-14(31(28,29)23-20(2)7-8-20)5-6-15(16)17(21-25)19(27)24(3)4/h12-16,22-23H,5-11H2,1-4H3. The number of nitrogens with zero attached hydrogens (tertiary/aromatic N) is 3. The Bertz CT molecular complexity index is 884. The average Bonchev–Trinajstić information content (AvgIpc) is 3.27. The van der Waals surface area contributed by atoms with Crippen LogP contribution in [0.4, 0.5) is 0 Å². The Hall–Kier alpha value is -1.56. The van der Waals surface area contributed by atoms with Crippen molar-refractivity contribution in [2.75, 3.05) is 20.6 Å². The summed E-state index contributed by atoms with van der Waals surface area (Å²) in [6.07, 6.45) is 3.22. The minimum Gasteiger partial charge on any atom is -0.344 e. The molecule has 4 aliphatic rings. The number of carbonyl (C=O) groups excluding carboxylic acids is 2. The van der Waals surface area contributed by atoms with Crippen LogP contribution in [0.1, 0.15) is 52.4 Å². The second-order valence-electron chi connectivity index (χ2n) is 9.96. The van der Waals surface area contributed by atoms with Crippen LogP contribution >= 0.6 is 0 Å². The first-order valence-corrected chi connectivity index (χ1v) is 12.6. The van der Waals surface area contributed by atoms with Crippen LogP contribution < -0.4 is 10.2 Å². The summed E-state index contributed by atoms with van der Waals surface area (Å²) in [7, 11) is -0.234. The third kappa shape index (κ3) is 4.64. The van der Waals surface area contributed by atoms with Crippen molar-refractivity contribution in [1.29, 1.82) is 0 Å². The summed E-state index contributed by atoms with van der Waals surface area (Å²) < 4.78 is 28.8. The maximum absolute atomic E-state index is 13.3. The number of carbonyl (C=O) groups is 2. The third-order valence-corrected chi connectivity index (χ3v) is 8.92. The smallest absolute Gasteiger partial charge is 0.269 e. The normalized spacial score (nSPS) is 34.8. The highest BCUT2D eigenvalue weighted by atomic mass is 32.2. The van der Waals surface area contributed by atoms with Gasteiger partial charge in [0, 0.05) is 37.5 Å². The van der Waals surface area contributed by atoms with E-state index in [9.17, 15) is 18.0 Å². The third-order valence-electron chi connectivity index (χ3n) is 6.84. The van der Waals surface area contributed by atoms with Crippen LogP contribution in [0.2, 0.25) is 0 Å². The van der Waals surface area contributed by atoms with Gasteiger partial charge in [-0.3, -0.25) is 14.4 Å². The molecule has 0 spiro atoms. The first-order valence-electron chi connectivity index (χ1n) is 11.0. The molecule has 4 rings (SSSR count). The highest BCUT2D eigenvalue weighted by Gasteiger charge is 2.50. The van der Waals surface area contributed by atoms with Gasteiger partial charge in [0.05, 0.1) is 11.8 Å². The second kappa shape index (κ2) is 8.09. The van der Waals surface area contributed by atoms with Crippen molar-refractivity contribution in [2.24, 2.45) is 16.9 Å². The molecular weight excluding hydrogens is 422 g/mol. The van der Waals surface area contributed by atoms with Crippen molar-refractivity contribution in [3.63, 3.8) is 0 Å². The molecule has 31 heavy (non-hydrogen) atoms. The van der Waals surface area contributed by atoms with E-state index in [-0.39, 0.29) is 48.4 Å². The molecule has 0 bridgehead atoms. The molecule has 0 aromatic rings. The van der Waals surface area contributed by atoms with E-state index in [2.05, 4.69) is 15.3 Å². The van der Waals surface area contributed by atoms with E-state index in [1.807, 2.05) is 13.8 Å². The van der Waals surface area contributed by atoms with Gasteiger partial charge in [0.15, 0.2) is 0 Å². The monoisotopic (exact) mass is 455 g/mol. The number of hydroxylamine groups is 1. The van der Waals surface area contributed by atoms with E-state index in [0.717, 1.165) is 19.3 Å². The summed E-state index contributed by atoms with van der Waals surface area (Å²) in [5, 5.41) is 5.13. The van der Waals surface area contributed by atoms with Crippen molar-refractivity contribution in [2.45, 2.75) is 75.3 Å². The highest BCUT2D eigenvalue weighted by Crippen LogP contribution is 2.41. The molecule has 2 N–H and O–H groups in total. The van der Waals surface area contributed by atoms with Crippen LogP contribution in [0.25, 0.3) is 0 Å². The maximum atomic E-state index is 13.3. The van der Waals surface area contributed by atoms with Gasteiger partial charge in [-0.05, 0) is 52.4 Å². The Balaban J connectivity index is 1.57. The number of nitrogens with one attached hydrogen (secondary N) is 2. The lowest BCUT2D eigenvalue weighted by Crippen LogP contribution is -2.54. The van der Waals surface area contributed by atoms with Crippen molar-refractivity contribution < 1.29 is 22.8 Å². The molecule has 0 aromatic heterocycles. The molecule has 2 heterocycles. The fourth-order valence-electron chi connectivity index (χ4n) is 4.74. The molecule has 5 unspecified atom stereocenters. The number of hydrogen-bond donors (Lipinski definition) is 2. The summed E-state index contributed by atoms with van der Waals surface area (Å²) in [6, 6.07) is 0.170. The molecule has 11 heteroatoms. The molecule has 2 amide bonds. The SMILES string of the molecule is CC1CC(CN2N=C(C(=O)N(C)C)C3CCC(S(=O)(=O)NC4(C)CC4)CC3C2=O)ON1. The van der Waals surface area contributed by atoms with Crippen LogP contribution in [-0.4, -0.2) is 79.4 Å². The number of rotatable bonds is 6. The zero-order valence-corrected chi connectivity index (χ0v) is 19.4. The first kappa shape index (κ1) is 22.6. The largest absolute Gasteiger partial charge is 0.344 e. The van der Waals surface area contributed by atoms with Gasteiger partial charge in [-0.2, -0.15) is 10.6 Å². The average molecular weight is 456 g/mol. The summed E-state index contributed by atoms with van der Waals surface area (Å²) in [4.78, 5) is 33.2. The van der Waals surface area contributed by atoms with E-state index in [1.165, 1.54) is 9.91 Å². The first-order chi connectivity index (χ1) is 14.5. The molecule has 10 nitrogen and oxygen atoms in total. The van der Waals surface area contributed by atoms with Gasteiger partial charge in [-0.1, -0.05) is 0 Å². The van der Waals surface area contributed by atoms with Crippen LogP contribution in [0, 0.1) is 11.8 Å². The van der Waals surface area contributed by atoms with Crippen molar-refractivity contribution in [3.8, 4) is 0 Å². The quantitative estimate of drug-likeness (QED) is 0.591. The molecule has 174 valence electrons. The lowest BCUT2D eigenvalue weighted by molar-refractivity contribution is -0.141. The molecule has 3 fully saturated rings. The van der Waals surface area contributed by atoms with Gasteiger partial charge >= 0.3 is 0 Å². The molecule has 2 aliphatic carbocycles. The van der Waals surface area contributed by atoms with Gasteiger partial charge in [-0.25, -0.2) is 18.1 Å². The number of fused-ring (bicyclic) bond motifs is 1. The Kier molecular flexibility index (Phi) is 5.91. The van der Waals surface area contributed by atoms with E-state index >= 15 is 0 Å². The predicted molar refractivity (Wildman–Crippen MR) is 114 cm³/mol. The number of amides is 2. The van der Waals surface area contributed by atoms with Gasteiger partial charge in [0.2, 0.25) is 15.9 Å². The van der Waals surface area contributed by atoms with Gasteiger partial charge in [-0.15, -0.1) is 0 Å². The Labute approximate surface area is 183 Å². The second-order valence-corrected chi connectivity index (χ2v) is 11.9. The molecule has 2 saturated carbocycles. The van der Waals surface area contributed by atoms with Crippen molar-refractivity contribution in [3.05, 3.63) is 0 Å². The molecule has 0 aromatic carbocycles. The molecule has 1 saturated heterocycles. The summed E-state index contributed by atoms with van der Waals surface area (Å²) in [5.74, 6) is -1.40.